The molecule has 0 unspecified atom stereocenters. The van der Waals surface area contributed by atoms with Crippen LogP contribution in [0.2, 0.25) is 0 Å². The zero-order chi connectivity index (χ0) is 14.9. The highest BCUT2D eigenvalue weighted by Gasteiger charge is 2.35. The highest BCUT2D eigenvalue weighted by molar-refractivity contribution is 5.21. The van der Waals surface area contributed by atoms with Gasteiger partial charge in [-0.2, -0.15) is 13.2 Å². The van der Waals surface area contributed by atoms with Crippen LogP contribution in [0.3, 0.4) is 0 Å². The third-order valence-electron chi connectivity index (χ3n) is 3.29. The fourth-order valence-corrected chi connectivity index (χ4v) is 2.32. The standard InChI is InChI=1S/C13H12F3N5/c14-13(15,16)12-19-5-10-7-21(2-1-11(10)20-12)6-9-3-17-8-18-4-9/h3-5,8H,1-2,6-7H2. The average molecular weight is 295 g/mol. The van der Waals surface area contributed by atoms with E-state index in [0.717, 1.165) is 11.1 Å². The predicted molar refractivity (Wildman–Crippen MR) is 66.9 cm³/mol. The maximum atomic E-state index is 12.6. The second kappa shape index (κ2) is 5.36. The van der Waals surface area contributed by atoms with Crippen molar-refractivity contribution in [2.24, 2.45) is 0 Å². The molecule has 2 aromatic heterocycles. The number of halogens is 3. The molecule has 0 spiro atoms. The van der Waals surface area contributed by atoms with Crippen LogP contribution in [0.1, 0.15) is 22.6 Å². The van der Waals surface area contributed by atoms with Gasteiger partial charge in [-0.05, 0) is 0 Å². The Labute approximate surface area is 118 Å². The van der Waals surface area contributed by atoms with Gasteiger partial charge in [0.05, 0.1) is 5.69 Å². The minimum absolute atomic E-state index is 0.481. The summed E-state index contributed by atoms with van der Waals surface area (Å²) in [7, 11) is 0. The largest absolute Gasteiger partial charge is 0.451 e. The van der Waals surface area contributed by atoms with Crippen LogP contribution in [0.15, 0.2) is 24.9 Å². The van der Waals surface area contributed by atoms with Crippen LogP contribution in [0, 0.1) is 0 Å². The minimum Gasteiger partial charge on any atom is -0.294 e. The second-order valence-electron chi connectivity index (χ2n) is 4.87. The van der Waals surface area contributed by atoms with Gasteiger partial charge >= 0.3 is 6.18 Å². The van der Waals surface area contributed by atoms with E-state index in [1.807, 2.05) is 0 Å². The molecule has 0 radical (unpaired) electrons. The van der Waals surface area contributed by atoms with Crippen molar-refractivity contribution >= 4 is 0 Å². The Morgan fingerprint density at radius 2 is 1.90 bits per heavy atom. The lowest BCUT2D eigenvalue weighted by molar-refractivity contribution is -0.145. The molecule has 0 saturated heterocycles. The van der Waals surface area contributed by atoms with Gasteiger partial charge in [-0.25, -0.2) is 19.9 Å². The molecule has 0 bridgehead atoms. The molecule has 8 heteroatoms. The highest BCUT2D eigenvalue weighted by Crippen LogP contribution is 2.27. The molecular weight excluding hydrogens is 283 g/mol. The Balaban J connectivity index is 1.74. The maximum absolute atomic E-state index is 12.6. The molecule has 0 N–H and O–H groups in total. The van der Waals surface area contributed by atoms with Gasteiger partial charge in [-0.1, -0.05) is 0 Å². The number of alkyl halides is 3. The van der Waals surface area contributed by atoms with E-state index in [4.69, 9.17) is 0 Å². The monoisotopic (exact) mass is 295 g/mol. The van der Waals surface area contributed by atoms with Crippen molar-refractivity contribution in [3.05, 3.63) is 47.6 Å². The molecule has 21 heavy (non-hydrogen) atoms. The molecule has 1 aliphatic heterocycles. The summed E-state index contributed by atoms with van der Waals surface area (Å²) in [6.07, 6.45) is 2.18. The Bertz CT molecular complexity index is 629. The fraction of sp³-hybridized carbons (Fsp3) is 0.385. The molecule has 3 rings (SSSR count). The zero-order valence-corrected chi connectivity index (χ0v) is 11.0. The van der Waals surface area contributed by atoms with E-state index in [2.05, 4.69) is 24.8 Å². The molecular formula is C13H12F3N5. The second-order valence-corrected chi connectivity index (χ2v) is 4.87. The highest BCUT2D eigenvalue weighted by atomic mass is 19.4. The molecule has 5 nitrogen and oxygen atoms in total. The number of nitrogens with zero attached hydrogens (tertiary/aromatic N) is 5. The van der Waals surface area contributed by atoms with Gasteiger partial charge in [0, 0.05) is 55.8 Å². The average Bonchev–Trinajstić information content (AvgIpc) is 2.47. The van der Waals surface area contributed by atoms with Gasteiger partial charge in [0.15, 0.2) is 0 Å². The lowest BCUT2D eigenvalue weighted by Gasteiger charge is -2.27. The first kappa shape index (κ1) is 13.9. The van der Waals surface area contributed by atoms with E-state index in [1.165, 1.54) is 12.5 Å². The molecule has 0 aromatic carbocycles. The van der Waals surface area contributed by atoms with Crippen molar-refractivity contribution in [2.45, 2.75) is 25.7 Å². The molecule has 0 atom stereocenters. The first-order chi connectivity index (χ1) is 10.0. The van der Waals surface area contributed by atoms with E-state index in [9.17, 15) is 13.2 Å². The summed E-state index contributed by atoms with van der Waals surface area (Å²) in [4.78, 5) is 17.1. The van der Waals surface area contributed by atoms with Crippen molar-refractivity contribution in [3.8, 4) is 0 Å². The maximum Gasteiger partial charge on any atom is 0.451 e. The van der Waals surface area contributed by atoms with Crippen LogP contribution in [0.4, 0.5) is 13.2 Å². The quantitative estimate of drug-likeness (QED) is 0.846. The summed E-state index contributed by atoms with van der Waals surface area (Å²) in [6, 6.07) is 0. The molecule has 0 amide bonds. The lowest BCUT2D eigenvalue weighted by atomic mass is 10.1. The smallest absolute Gasteiger partial charge is 0.294 e. The molecule has 1 aliphatic rings. The molecule has 0 aliphatic carbocycles. The van der Waals surface area contributed by atoms with Gasteiger partial charge < -0.3 is 0 Å². The molecule has 3 heterocycles. The normalized spacial score (nSPS) is 15.8. The third-order valence-corrected chi connectivity index (χ3v) is 3.29. The molecule has 2 aromatic rings. The summed E-state index contributed by atoms with van der Waals surface area (Å²) in [5.41, 5.74) is 2.19. The first-order valence-corrected chi connectivity index (χ1v) is 6.40. The number of fused-ring (bicyclic) bond motifs is 1. The van der Waals surface area contributed by atoms with Gasteiger partial charge in [0.1, 0.15) is 6.33 Å². The first-order valence-electron chi connectivity index (χ1n) is 6.40. The lowest BCUT2D eigenvalue weighted by Crippen LogP contribution is -2.31. The van der Waals surface area contributed by atoms with E-state index < -0.39 is 12.0 Å². The van der Waals surface area contributed by atoms with Crippen molar-refractivity contribution in [3.63, 3.8) is 0 Å². The number of hydrogen-bond donors (Lipinski definition) is 0. The summed E-state index contributed by atoms with van der Waals surface area (Å²) >= 11 is 0. The summed E-state index contributed by atoms with van der Waals surface area (Å²) < 4.78 is 37.7. The summed E-state index contributed by atoms with van der Waals surface area (Å²) in [6.45, 7) is 1.83. The minimum atomic E-state index is -4.49. The Morgan fingerprint density at radius 3 is 2.62 bits per heavy atom. The topological polar surface area (TPSA) is 54.8 Å². The van der Waals surface area contributed by atoms with Crippen molar-refractivity contribution in [2.75, 3.05) is 6.54 Å². The van der Waals surface area contributed by atoms with Gasteiger partial charge in [-0.15, -0.1) is 0 Å². The zero-order valence-electron chi connectivity index (χ0n) is 11.0. The predicted octanol–water partition coefficient (Wildman–Crippen LogP) is 1.84. The van der Waals surface area contributed by atoms with Crippen LogP contribution in [-0.2, 0) is 25.7 Å². The Kier molecular flexibility index (Phi) is 3.54. The SMILES string of the molecule is FC(F)(F)c1ncc2c(n1)CCN(Cc1cncnc1)C2. The van der Waals surface area contributed by atoms with E-state index >= 15 is 0 Å². The van der Waals surface area contributed by atoms with Crippen LogP contribution >= 0.6 is 0 Å². The third kappa shape index (κ3) is 3.15. The summed E-state index contributed by atoms with van der Waals surface area (Å²) in [5.74, 6) is -1.06. The molecule has 110 valence electrons. The molecule has 0 fully saturated rings. The van der Waals surface area contributed by atoms with Crippen molar-refractivity contribution in [1.29, 1.82) is 0 Å². The van der Waals surface area contributed by atoms with Gasteiger partial charge in [-0.3, -0.25) is 4.90 Å². The Hall–Kier alpha value is -2.09. The van der Waals surface area contributed by atoms with Crippen LogP contribution in [-0.4, -0.2) is 31.4 Å². The van der Waals surface area contributed by atoms with Crippen LogP contribution in [0.5, 0.6) is 0 Å². The van der Waals surface area contributed by atoms with Crippen molar-refractivity contribution in [1.82, 2.24) is 24.8 Å². The van der Waals surface area contributed by atoms with E-state index in [0.29, 0.717) is 31.7 Å². The van der Waals surface area contributed by atoms with E-state index in [1.54, 1.807) is 12.4 Å². The summed E-state index contributed by atoms with van der Waals surface area (Å²) in [5, 5.41) is 0. The van der Waals surface area contributed by atoms with Gasteiger partial charge in [0.2, 0.25) is 5.82 Å². The van der Waals surface area contributed by atoms with E-state index in [-0.39, 0.29) is 0 Å². The fourth-order valence-electron chi connectivity index (χ4n) is 2.32. The van der Waals surface area contributed by atoms with Crippen molar-refractivity contribution < 1.29 is 13.2 Å². The van der Waals surface area contributed by atoms with Crippen LogP contribution in [0.25, 0.3) is 0 Å². The molecule has 0 saturated carbocycles. The number of hydrogen-bond acceptors (Lipinski definition) is 5. The van der Waals surface area contributed by atoms with Gasteiger partial charge in [0.25, 0.3) is 0 Å². The number of aromatic nitrogens is 4. The van der Waals surface area contributed by atoms with Crippen LogP contribution < -0.4 is 0 Å². The number of rotatable bonds is 2. The Morgan fingerprint density at radius 1 is 1.14 bits per heavy atom.